The van der Waals surface area contributed by atoms with Crippen molar-refractivity contribution in [1.29, 1.82) is 0 Å². The van der Waals surface area contributed by atoms with Gasteiger partial charge in [0.25, 0.3) is 0 Å². The summed E-state index contributed by atoms with van der Waals surface area (Å²) < 4.78 is 0. The zero-order chi connectivity index (χ0) is 11.6. The molecule has 2 atom stereocenters. The number of amidine groups is 1. The topological polar surface area (TPSA) is 24.4 Å². The first kappa shape index (κ1) is 12.0. The summed E-state index contributed by atoms with van der Waals surface area (Å²) in [5.74, 6) is 1.12. The first-order chi connectivity index (χ1) is 7.63. The zero-order valence-electron chi connectivity index (χ0n) is 9.99. The molecule has 0 spiro atoms. The van der Waals surface area contributed by atoms with Crippen LogP contribution in [0.1, 0.15) is 38.1 Å². The number of thiophene rings is 1. The summed E-state index contributed by atoms with van der Waals surface area (Å²) in [5, 5.41) is 6.74. The fourth-order valence-electron chi connectivity index (χ4n) is 1.59. The van der Waals surface area contributed by atoms with Crippen LogP contribution in [0.15, 0.2) is 22.5 Å². The minimum absolute atomic E-state index is 0.235. The summed E-state index contributed by atoms with van der Waals surface area (Å²) in [6.45, 7) is 6.64. The average molecular weight is 254 g/mol. The second-order valence-corrected chi connectivity index (χ2v) is 6.40. The molecule has 0 radical (unpaired) electrons. The lowest BCUT2D eigenvalue weighted by molar-refractivity contribution is 0.466. The van der Waals surface area contributed by atoms with Gasteiger partial charge in [-0.1, -0.05) is 24.8 Å². The van der Waals surface area contributed by atoms with E-state index in [9.17, 15) is 0 Å². The van der Waals surface area contributed by atoms with Crippen LogP contribution in [0.5, 0.6) is 0 Å². The monoisotopic (exact) mass is 254 g/mol. The predicted octanol–water partition coefficient (Wildman–Crippen LogP) is 3.67. The largest absolute Gasteiger partial charge is 0.359 e. The van der Waals surface area contributed by atoms with Gasteiger partial charge in [0.2, 0.25) is 0 Å². The Morgan fingerprint density at radius 3 is 3.00 bits per heavy atom. The van der Waals surface area contributed by atoms with Crippen molar-refractivity contribution in [2.75, 3.05) is 5.75 Å². The fourth-order valence-corrected chi connectivity index (χ4v) is 3.59. The van der Waals surface area contributed by atoms with Crippen molar-refractivity contribution >= 4 is 28.3 Å². The van der Waals surface area contributed by atoms with E-state index in [2.05, 4.69) is 43.6 Å². The Labute approximate surface area is 106 Å². The van der Waals surface area contributed by atoms with E-state index in [4.69, 9.17) is 4.99 Å². The smallest absolute Gasteiger partial charge is 0.157 e. The number of rotatable bonds is 3. The molecule has 1 aliphatic heterocycles. The highest BCUT2D eigenvalue weighted by molar-refractivity contribution is 8.14. The molecular formula is C12H18N2S2. The SMILES string of the molecule is CCC1(C)CSC(=NC(C)c2cccs2)N1. The number of aliphatic imine (C=N–C) groups is 1. The summed E-state index contributed by atoms with van der Waals surface area (Å²) in [5.41, 5.74) is 0.235. The highest BCUT2D eigenvalue weighted by atomic mass is 32.2. The maximum atomic E-state index is 4.74. The molecule has 1 fully saturated rings. The molecule has 0 bridgehead atoms. The molecule has 1 saturated heterocycles. The van der Waals surface area contributed by atoms with Gasteiger partial charge in [0.15, 0.2) is 5.17 Å². The second-order valence-electron chi connectivity index (χ2n) is 4.45. The molecule has 2 heterocycles. The van der Waals surface area contributed by atoms with E-state index in [1.165, 1.54) is 4.88 Å². The summed E-state index contributed by atoms with van der Waals surface area (Å²) in [6, 6.07) is 4.51. The van der Waals surface area contributed by atoms with Gasteiger partial charge in [-0.3, -0.25) is 4.99 Å². The Kier molecular flexibility index (Phi) is 3.60. The van der Waals surface area contributed by atoms with E-state index in [1.54, 1.807) is 11.3 Å². The lowest BCUT2D eigenvalue weighted by Crippen LogP contribution is -2.39. The molecule has 16 heavy (non-hydrogen) atoms. The first-order valence-electron chi connectivity index (χ1n) is 5.65. The maximum Gasteiger partial charge on any atom is 0.157 e. The fraction of sp³-hybridized carbons (Fsp3) is 0.583. The highest BCUT2D eigenvalue weighted by Gasteiger charge is 2.30. The van der Waals surface area contributed by atoms with E-state index in [1.807, 2.05) is 11.8 Å². The number of hydrogen-bond acceptors (Lipinski definition) is 3. The molecule has 0 aromatic carbocycles. The molecule has 0 saturated carbocycles. The van der Waals surface area contributed by atoms with Gasteiger partial charge in [0, 0.05) is 16.2 Å². The second kappa shape index (κ2) is 4.80. The molecule has 1 N–H and O–H groups in total. The first-order valence-corrected chi connectivity index (χ1v) is 7.52. The van der Waals surface area contributed by atoms with E-state index in [0.717, 1.165) is 17.3 Å². The normalized spacial score (nSPS) is 29.3. The molecule has 88 valence electrons. The minimum atomic E-state index is 0.235. The molecule has 2 nitrogen and oxygen atoms in total. The van der Waals surface area contributed by atoms with Gasteiger partial charge in [-0.15, -0.1) is 11.3 Å². The van der Waals surface area contributed by atoms with Gasteiger partial charge >= 0.3 is 0 Å². The van der Waals surface area contributed by atoms with Gasteiger partial charge in [-0.25, -0.2) is 0 Å². The van der Waals surface area contributed by atoms with Crippen molar-refractivity contribution < 1.29 is 0 Å². The van der Waals surface area contributed by atoms with Crippen LogP contribution in [0.3, 0.4) is 0 Å². The van der Waals surface area contributed by atoms with Crippen molar-refractivity contribution in [3.05, 3.63) is 22.4 Å². The Morgan fingerprint density at radius 2 is 2.44 bits per heavy atom. The quantitative estimate of drug-likeness (QED) is 0.890. The number of nitrogens with one attached hydrogen (secondary N) is 1. The minimum Gasteiger partial charge on any atom is -0.359 e. The van der Waals surface area contributed by atoms with Crippen molar-refractivity contribution in [2.24, 2.45) is 4.99 Å². The van der Waals surface area contributed by atoms with Crippen LogP contribution in [0, 0.1) is 0 Å². The molecule has 2 rings (SSSR count). The molecule has 1 aromatic heterocycles. The Balaban J connectivity index is 2.04. The molecule has 4 heteroatoms. The van der Waals surface area contributed by atoms with E-state index < -0.39 is 0 Å². The summed E-state index contributed by atoms with van der Waals surface area (Å²) in [7, 11) is 0. The Hall–Kier alpha value is -0.480. The predicted molar refractivity (Wildman–Crippen MR) is 74.5 cm³/mol. The van der Waals surface area contributed by atoms with Crippen LogP contribution in [0.4, 0.5) is 0 Å². The Morgan fingerprint density at radius 1 is 1.62 bits per heavy atom. The zero-order valence-corrected chi connectivity index (χ0v) is 11.6. The van der Waals surface area contributed by atoms with Crippen molar-refractivity contribution in [3.8, 4) is 0 Å². The summed E-state index contributed by atoms with van der Waals surface area (Å²) in [4.78, 5) is 6.07. The van der Waals surface area contributed by atoms with Gasteiger partial charge in [0.05, 0.1) is 6.04 Å². The van der Waals surface area contributed by atoms with Crippen LogP contribution in [-0.4, -0.2) is 16.5 Å². The number of nitrogens with zero attached hydrogens (tertiary/aromatic N) is 1. The molecule has 1 aliphatic rings. The maximum absolute atomic E-state index is 4.74. The third-order valence-electron chi connectivity index (χ3n) is 2.98. The highest BCUT2D eigenvalue weighted by Crippen LogP contribution is 2.29. The van der Waals surface area contributed by atoms with E-state index in [0.29, 0.717) is 0 Å². The van der Waals surface area contributed by atoms with Crippen LogP contribution in [0.25, 0.3) is 0 Å². The molecule has 0 amide bonds. The van der Waals surface area contributed by atoms with Crippen LogP contribution < -0.4 is 5.32 Å². The average Bonchev–Trinajstić information content (AvgIpc) is 2.88. The van der Waals surface area contributed by atoms with Gasteiger partial charge < -0.3 is 5.32 Å². The van der Waals surface area contributed by atoms with E-state index in [-0.39, 0.29) is 11.6 Å². The third kappa shape index (κ3) is 2.61. The van der Waals surface area contributed by atoms with Crippen molar-refractivity contribution in [2.45, 2.75) is 38.8 Å². The standard InChI is InChI=1S/C12H18N2S2/c1-4-12(3)8-16-11(14-12)13-9(2)10-6-5-7-15-10/h5-7,9H,4,8H2,1-3H3,(H,13,14). The molecule has 1 aromatic rings. The third-order valence-corrected chi connectivity index (χ3v) is 5.29. The van der Waals surface area contributed by atoms with Crippen LogP contribution >= 0.6 is 23.1 Å². The van der Waals surface area contributed by atoms with Gasteiger partial charge in [-0.2, -0.15) is 0 Å². The lowest BCUT2D eigenvalue weighted by atomic mass is 10.0. The van der Waals surface area contributed by atoms with Crippen molar-refractivity contribution in [3.63, 3.8) is 0 Å². The number of thioether (sulfide) groups is 1. The Bertz CT molecular complexity index is 372. The van der Waals surface area contributed by atoms with E-state index >= 15 is 0 Å². The van der Waals surface area contributed by atoms with Crippen molar-refractivity contribution in [1.82, 2.24) is 5.32 Å². The summed E-state index contributed by atoms with van der Waals surface area (Å²) >= 11 is 3.62. The van der Waals surface area contributed by atoms with Gasteiger partial charge in [0.1, 0.15) is 0 Å². The lowest BCUT2D eigenvalue weighted by Gasteiger charge is -2.21. The van der Waals surface area contributed by atoms with Gasteiger partial charge in [-0.05, 0) is 31.7 Å². The number of hydrogen-bond donors (Lipinski definition) is 1. The molecular weight excluding hydrogens is 236 g/mol. The van der Waals surface area contributed by atoms with Crippen LogP contribution in [0.2, 0.25) is 0 Å². The molecule has 2 unspecified atom stereocenters. The summed E-state index contributed by atoms with van der Waals surface area (Å²) in [6.07, 6.45) is 1.15. The van der Waals surface area contributed by atoms with Crippen LogP contribution in [-0.2, 0) is 0 Å². The molecule has 0 aliphatic carbocycles.